The number of tetrazole rings is 1. The lowest BCUT2D eigenvalue weighted by Gasteiger charge is -2.13. The Morgan fingerprint density at radius 1 is 1.17 bits per heavy atom. The van der Waals surface area contributed by atoms with Gasteiger partial charge >= 0.3 is 0 Å². The molecular formula is C15H14BrN5O2S. The molecule has 0 saturated carbocycles. The second-order valence-corrected chi connectivity index (χ2v) is 7.76. The summed E-state index contributed by atoms with van der Waals surface area (Å²) >= 11 is 3.37. The zero-order valence-electron chi connectivity index (χ0n) is 12.9. The van der Waals surface area contributed by atoms with Crippen LogP contribution < -0.4 is 4.72 Å². The first-order valence-electron chi connectivity index (χ1n) is 7.00. The van der Waals surface area contributed by atoms with Crippen molar-refractivity contribution in [3.63, 3.8) is 0 Å². The van der Waals surface area contributed by atoms with Gasteiger partial charge in [0.1, 0.15) is 6.33 Å². The maximum atomic E-state index is 12.6. The van der Waals surface area contributed by atoms with E-state index < -0.39 is 10.0 Å². The van der Waals surface area contributed by atoms with E-state index in [1.54, 1.807) is 30.3 Å². The highest BCUT2D eigenvalue weighted by Gasteiger charge is 2.17. The predicted molar refractivity (Wildman–Crippen MR) is 93.6 cm³/mol. The number of rotatable bonds is 4. The Kier molecular flexibility index (Phi) is 4.37. The Morgan fingerprint density at radius 3 is 2.62 bits per heavy atom. The first-order chi connectivity index (χ1) is 11.4. The third-order valence-corrected chi connectivity index (χ3v) is 5.84. The van der Waals surface area contributed by atoms with E-state index in [1.807, 2.05) is 19.9 Å². The lowest BCUT2D eigenvalue weighted by atomic mass is 10.1. The van der Waals surface area contributed by atoms with E-state index in [4.69, 9.17) is 0 Å². The molecule has 7 nitrogen and oxygen atoms in total. The van der Waals surface area contributed by atoms with E-state index in [0.717, 1.165) is 15.6 Å². The minimum atomic E-state index is -3.69. The molecule has 124 valence electrons. The van der Waals surface area contributed by atoms with Crippen LogP contribution in [0, 0.1) is 13.8 Å². The number of halogens is 1. The molecule has 0 unspecified atom stereocenters. The SMILES string of the molecule is Cc1cc(S(=O)(=O)Nc2cccc(-n3cnnn3)c2C)ccc1Br. The molecule has 0 bridgehead atoms. The number of hydrogen-bond acceptors (Lipinski definition) is 5. The number of benzene rings is 2. The molecule has 0 aliphatic carbocycles. The van der Waals surface area contributed by atoms with Gasteiger partial charge in [0.05, 0.1) is 16.3 Å². The summed E-state index contributed by atoms with van der Waals surface area (Å²) in [7, 11) is -3.69. The summed E-state index contributed by atoms with van der Waals surface area (Å²) in [6.07, 6.45) is 1.46. The lowest BCUT2D eigenvalue weighted by Crippen LogP contribution is -2.14. The van der Waals surface area contributed by atoms with Crippen LogP contribution in [0.2, 0.25) is 0 Å². The third kappa shape index (κ3) is 3.17. The van der Waals surface area contributed by atoms with Crippen LogP contribution >= 0.6 is 15.9 Å². The maximum absolute atomic E-state index is 12.6. The summed E-state index contributed by atoms with van der Waals surface area (Å²) in [6.45, 7) is 3.65. The number of nitrogens with zero attached hydrogens (tertiary/aromatic N) is 4. The summed E-state index contributed by atoms with van der Waals surface area (Å²) in [5.74, 6) is 0. The summed E-state index contributed by atoms with van der Waals surface area (Å²) in [5.41, 5.74) is 2.75. The van der Waals surface area contributed by atoms with Crippen molar-refractivity contribution in [2.45, 2.75) is 18.7 Å². The molecule has 0 saturated heterocycles. The largest absolute Gasteiger partial charge is 0.279 e. The smallest absolute Gasteiger partial charge is 0.261 e. The van der Waals surface area contributed by atoms with E-state index in [-0.39, 0.29) is 4.90 Å². The minimum absolute atomic E-state index is 0.204. The van der Waals surface area contributed by atoms with Gasteiger partial charge in [-0.3, -0.25) is 4.72 Å². The van der Waals surface area contributed by atoms with Crippen molar-refractivity contribution in [3.8, 4) is 5.69 Å². The number of hydrogen-bond donors (Lipinski definition) is 1. The van der Waals surface area contributed by atoms with Crippen molar-refractivity contribution >= 4 is 31.6 Å². The molecule has 3 rings (SSSR count). The van der Waals surface area contributed by atoms with Crippen LogP contribution in [0.25, 0.3) is 5.69 Å². The number of anilines is 1. The molecule has 3 aromatic rings. The second-order valence-electron chi connectivity index (χ2n) is 5.22. The van der Waals surface area contributed by atoms with Gasteiger partial charge in [0, 0.05) is 4.47 Å². The van der Waals surface area contributed by atoms with Crippen LogP contribution in [0.5, 0.6) is 0 Å². The van der Waals surface area contributed by atoms with E-state index in [1.165, 1.54) is 11.0 Å². The Labute approximate surface area is 147 Å². The first kappa shape index (κ1) is 16.6. The standard InChI is InChI=1S/C15H14BrN5O2S/c1-10-8-12(6-7-13(10)16)24(22,23)18-14-4-3-5-15(11(14)2)21-9-17-19-20-21/h3-9,18H,1-2H3. The zero-order valence-corrected chi connectivity index (χ0v) is 15.3. The molecule has 1 heterocycles. The third-order valence-electron chi connectivity index (χ3n) is 3.59. The molecule has 1 N–H and O–H groups in total. The van der Waals surface area contributed by atoms with E-state index in [9.17, 15) is 8.42 Å². The normalized spacial score (nSPS) is 11.5. The molecule has 0 fully saturated rings. The van der Waals surface area contributed by atoms with E-state index in [0.29, 0.717) is 11.4 Å². The fraction of sp³-hybridized carbons (Fsp3) is 0.133. The molecule has 1 aromatic heterocycles. The Bertz CT molecular complexity index is 987. The average molecular weight is 408 g/mol. The van der Waals surface area contributed by atoms with Gasteiger partial charge in [0.15, 0.2) is 0 Å². The van der Waals surface area contributed by atoms with Gasteiger partial charge in [-0.1, -0.05) is 22.0 Å². The number of nitrogens with one attached hydrogen (secondary N) is 1. The van der Waals surface area contributed by atoms with Crippen molar-refractivity contribution < 1.29 is 8.42 Å². The highest BCUT2D eigenvalue weighted by molar-refractivity contribution is 9.10. The van der Waals surface area contributed by atoms with Crippen molar-refractivity contribution in [3.05, 3.63) is 58.3 Å². The topological polar surface area (TPSA) is 89.8 Å². The van der Waals surface area contributed by atoms with Crippen molar-refractivity contribution in [1.29, 1.82) is 0 Å². The fourth-order valence-electron chi connectivity index (χ4n) is 2.24. The molecule has 24 heavy (non-hydrogen) atoms. The summed E-state index contributed by atoms with van der Waals surface area (Å²) in [4.78, 5) is 0.204. The van der Waals surface area contributed by atoms with Gasteiger partial charge in [0.2, 0.25) is 0 Å². The maximum Gasteiger partial charge on any atom is 0.261 e. The zero-order chi connectivity index (χ0) is 17.3. The molecule has 0 atom stereocenters. The second kappa shape index (κ2) is 6.33. The molecule has 0 aliphatic heterocycles. The number of aromatic nitrogens is 4. The van der Waals surface area contributed by atoms with Crippen LogP contribution in [-0.4, -0.2) is 28.6 Å². The van der Waals surface area contributed by atoms with Crippen LogP contribution in [0.3, 0.4) is 0 Å². The molecular weight excluding hydrogens is 394 g/mol. The van der Waals surface area contributed by atoms with Gasteiger partial charge in [-0.05, 0) is 65.7 Å². The minimum Gasteiger partial charge on any atom is -0.279 e. The number of aryl methyl sites for hydroxylation is 1. The average Bonchev–Trinajstić information content (AvgIpc) is 3.06. The van der Waals surface area contributed by atoms with Crippen molar-refractivity contribution in [2.75, 3.05) is 4.72 Å². The highest BCUT2D eigenvalue weighted by Crippen LogP contribution is 2.26. The Hall–Kier alpha value is -2.26. The molecule has 0 aliphatic rings. The van der Waals surface area contributed by atoms with Gasteiger partial charge in [-0.25, -0.2) is 13.1 Å². The summed E-state index contributed by atoms with van der Waals surface area (Å²) in [5, 5.41) is 11.0. The molecule has 2 aromatic carbocycles. The highest BCUT2D eigenvalue weighted by atomic mass is 79.9. The van der Waals surface area contributed by atoms with Gasteiger partial charge in [-0.2, -0.15) is 0 Å². The Balaban J connectivity index is 1.99. The molecule has 9 heteroatoms. The van der Waals surface area contributed by atoms with Crippen LogP contribution in [0.4, 0.5) is 5.69 Å². The van der Waals surface area contributed by atoms with Gasteiger partial charge < -0.3 is 0 Å². The first-order valence-corrected chi connectivity index (χ1v) is 9.28. The Morgan fingerprint density at radius 2 is 1.96 bits per heavy atom. The van der Waals surface area contributed by atoms with Gasteiger partial charge in [0.25, 0.3) is 10.0 Å². The monoisotopic (exact) mass is 407 g/mol. The van der Waals surface area contributed by atoms with Crippen LogP contribution in [0.15, 0.2) is 52.1 Å². The van der Waals surface area contributed by atoms with Gasteiger partial charge in [-0.15, -0.1) is 5.10 Å². The number of sulfonamides is 1. The van der Waals surface area contributed by atoms with Crippen molar-refractivity contribution in [2.24, 2.45) is 0 Å². The summed E-state index contributed by atoms with van der Waals surface area (Å²) < 4.78 is 30.3. The van der Waals surface area contributed by atoms with E-state index >= 15 is 0 Å². The predicted octanol–water partition coefficient (Wildman–Crippen LogP) is 2.84. The van der Waals surface area contributed by atoms with Crippen molar-refractivity contribution in [1.82, 2.24) is 20.2 Å². The quantitative estimate of drug-likeness (QED) is 0.717. The summed E-state index contributed by atoms with van der Waals surface area (Å²) in [6, 6.07) is 10.1. The van der Waals surface area contributed by atoms with E-state index in [2.05, 4.69) is 36.2 Å². The molecule has 0 spiro atoms. The fourth-order valence-corrected chi connectivity index (χ4v) is 3.70. The van der Waals surface area contributed by atoms with Crippen LogP contribution in [0.1, 0.15) is 11.1 Å². The van der Waals surface area contributed by atoms with Crippen LogP contribution in [-0.2, 0) is 10.0 Å². The molecule has 0 amide bonds. The lowest BCUT2D eigenvalue weighted by molar-refractivity contribution is 0.601. The molecule has 0 radical (unpaired) electrons.